The second kappa shape index (κ2) is 7.73. The second-order valence-electron chi connectivity index (χ2n) is 5.13. The molecule has 116 valence electrons. The van der Waals surface area contributed by atoms with Crippen LogP contribution in [0.4, 0.5) is 4.39 Å². The monoisotopic (exact) mass is 314 g/mol. The fourth-order valence-electron chi connectivity index (χ4n) is 2.39. The molecule has 0 aromatic heterocycles. The first kappa shape index (κ1) is 16.2. The molecule has 1 saturated heterocycles. The number of hydrogen-bond acceptors (Lipinski definition) is 3. The van der Waals surface area contributed by atoms with Crippen LogP contribution in [-0.2, 0) is 4.74 Å². The molecule has 2 rings (SSSR count). The largest absolute Gasteiger partial charge is 0.378 e. The van der Waals surface area contributed by atoms with Crippen LogP contribution < -0.4 is 5.73 Å². The van der Waals surface area contributed by atoms with Crippen molar-refractivity contribution in [3.63, 3.8) is 0 Å². The first-order chi connectivity index (χ1) is 10.1. The van der Waals surface area contributed by atoms with Crippen molar-refractivity contribution in [1.82, 2.24) is 4.90 Å². The number of piperidine rings is 1. The first-order valence-electron chi connectivity index (χ1n) is 7.18. The minimum absolute atomic E-state index is 0.0324. The van der Waals surface area contributed by atoms with Gasteiger partial charge in [0.05, 0.1) is 11.7 Å². The minimum atomic E-state index is -0.536. The quantitative estimate of drug-likeness (QED) is 0.849. The van der Waals surface area contributed by atoms with Crippen LogP contribution in [0, 0.1) is 5.82 Å². The summed E-state index contributed by atoms with van der Waals surface area (Å²) >= 11 is 5.83. The van der Waals surface area contributed by atoms with Gasteiger partial charge in [-0.15, -0.1) is 0 Å². The van der Waals surface area contributed by atoms with Crippen LogP contribution in [-0.4, -0.2) is 43.2 Å². The summed E-state index contributed by atoms with van der Waals surface area (Å²) in [7, 11) is 0. The zero-order chi connectivity index (χ0) is 15.2. The van der Waals surface area contributed by atoms with Crippen molar-refractivity contribution in [3.05, 3.63) is 34.6 Å². The van der Waals surface area contributed by atoms with Gasteiger partial charge in [-0.2, -0.15) is 0 Å². The van der Waals surface area contributed by atoms with Crippen molar-refractivity contribution < 1.29 is 13.9 Å². The Morgan fingerprint density at radius 3 is 2.81 bits per heavy atom. The summed E-state index contributed by atoms with van der Waals surface area (Å²) in [6.45, 7) is 2.40. The molecule has 2 N–H and O–H groups in total. The molecule has 0 aliphatic carbocycles. The molecule has 1 aliphatic heterocycles. The highest BCUT2D eigenvalue weighted by Gasteiger charge is 2.25. The fourth-order valence-corrected chi connectivity index (χ4v) is 2.56. The second-order valence-corrected chi connectivity index (χ2v) is 5.57. The van der Waals surface area contributed by atoms with Crippen LogP contribution in [0.5, 0.6) is 0 Å². The van der Waals surface area contributed by atoms with Crippen LogP contribution >= 0.6 is 11.6 Å². The molecule has 1 fully saturated rings. The van der Waals surface area contributed by atoms with Gasteiger partial charge in [-0.05, 0) is 44.0 Å². The number of carbonyl (C=O) groups excluding carboxylic acids is 1. The maximum absolute atomic E-state index is 13.7. The van der Waals surface area contributed by atoms with E-state index in [9.17, 15) is 9.18 Å². The van der Waals surface area contributed by atoms with Gasteiger partial charge in [0, 0.05) is 24.7 Å². The smallest absolute Gasteiger partial charge is 0.256 e. The standard InChI is InChI=1S/C15H20ClFN2O2/c16-11-2-3-14(17)13(10-11)15(20)19-7-4-12(5-8-19)21-9-1-6-18/h2-3,10,12H,1,4-9,18H2. The number of benzene rings is 1. The highest BCUT2D eigenvalue weighted by Crippen LogP contribution is 2.20. The molecule has 1 aliphatic rings. The maximum atomic E-state index is 13.7. The molecule has 21 heavy (non-hydrogen) atoms. The Bertz CT molecular complexity index is 491. The van der Waals surface area contributed by atoms with E-state index in [1.165, 1.54) is 18.2 Å². The lowest BCUT2D eigenvalue weighted by molar-refractivity contribution is 0.00834. The molecular weight excluding hydrogens is 295 g/mol. The van der Waals surface area contributed by atoms with E-state index in [2.05, 4.69) is 0 Å². The van der Waals surface area contributed by atoms with Crippen LogP contribution in [0.1, 0.15) is 29.6 Å². The molecule has 0 unspecified atom stereocenters. The number of ether oxygens (including phenoxy) is 1. The summed E-state index contributed by atoms with van der Waals surface area (Å²) < 4.78 is 19.4. The molecule has 0 saturated carbocycles. The Morgan fingerprint density at radius 2 is 2.14 bits per heavy atom. The van der Waals surface area contributed by atoms with Gasteiger partial charge in [-0.1, -0.05) is 11.6 Å². The SMILES string of the molecule is NCCCOC1CCN(C(=O)c2cc(Cl)ccc2F)CC1. The van der Waals surface area contributed by atoms with E-state index in [0.717, 1.165) is 19.3 Å². The predicted octanol–water partition coefficient (Wildman–Crippen LogP) is 2.45. The molecule has 1 aromatic carbocycles. The lowest BCUT2D eigenvalue weighted by Crippen LogP contribution is -2.41. The number of rotatable bonds is 5. The van der Waals surface area contributed by atoms with Crippen molar-refractivity contribution in [2.24, 2.45) is 5.73 Å². The van der Waals surface area contributed by atoms with Gasteiger partial charge < -0.3 is 15.4 Å². The summed E-state index contributed by atoms with van der Waals surface area (Å²) in [5, 5.41) is 0.361. The van der Waals surface area contributed by atoms with Gasteiger partial charge in [-0.25, -0.2) is 4.39 Å². The summed E-state index contributed by atoms with van der Waals surface area (Å²) in [6, 6.07) is 4.03. The van der Waals surface area contributed by atoms with Crippen molar-refractivity contribution in [2.45, 2.75) is 25.4 Å². The third-order valence-electron chi connectivity index (χ3n) is 3.59. The van der Waals surface area contributed by atoms with Crippen molar-refractivity contribution in [3.8, 4) is 0 Å². The van der Waals surface area contributed by atoms with Crippen molar-refractivity contribution >= 4 is 17.5 Å². The lowest BCUT2D eigenvalue weighted by atomic mass is 10.1. The lowest BCUT2D eigenvalue weighted by Gasteiger charge is -2.32. The van der Waals surface area contributed by atoms with Crippen molar-refractivity contribution in [2.75, 3.05) is 26.2 Å². The van der Waals surface area contributed by atoms with Crippen LogP contribution in [0.25, 0.3) is 0 Å². The Kier molecular flexibility index (Phi) is 5.96. The van der Waals surface area contributed by atoms with E-state index < -0.39 is 5.82 Å². The summed E-state index contributed by atoms with van der Waals surface area (Å²) in [5.74, 6) is -0.846. The van der Waals surface area contributed by atoms with Crippen molar-refractivity contribution in [1.29, 1.82) is 0 Å². The van der Waals surface area contributed by atoms with E-state index in [0.29, 0.717) is 31.3 Å². The Balaban J connectivity index is 1.89. The summed E-state index contributed by atoms with van der Waals surface area (Å²) in [6.07, 6.45) is 2.52. The Morgan fingerprint density at radius 1 is 1.43 bits per heavy atom. The Hall–Kier alpha value is -1.17. The molecule has 1 amide bonds. The van der Waals surface area contributed by atoms with Gasteiger partial charge in [0.15, 0.2) is 0 Å². The molecule has 0 spiro atoms. The molecule has 0 atom stereocenters. The summed E-state index contributed by atoms with van der Waals surface area (Å²) in [4.78, 5) is 14.0. The number of amides is 1. The number of carbonyl (C=O) groups is 1. The molecule has 4 nitrogen and oxygen atoms in total. The average molecular weight is 315 g/mol. The van der Waals surface area contributed by atoms with E-state index in [-0.39, 0.29) is 17.6 Å². The van der Waals surface area contributed by atoms with E-state index in [4.69, 9.17) is 22.1 Å². The predicted molar refractivity (Wildman–Crippen MR) is 80.0 cm³/mol. The zero-order valence-corrected chi connectivity index (χ0v) is 12.6. The number of halogens is 2. The van der Waals surface area contributed by atoms with Crippen LogP contribution in [0.15, 0.2) is 18.2 Å². The molecule has 1 heterocycles. The maximum Gasteiger partial charge on any atom is 0.256 e. The number of hydrogen-bond donors (Lipinski definition) is 1. The number of nitrogens with two attached hydrogens (primary N) is 1. The zero-order valence-electron chi connectivity index (χ0n) is 11.9. The molecule has 1 aromatic rings. The highest BCUT2D eigenvalue weighted by atomic mass is 35.5. The van der Waals surface area contributed by atoms with Gasteiger partial charge in [0.2, 0.25) is 0 Å². The third kappa shape index (κ3) is 4.40. The van der Waals surface area contributed by atoms with Gasteiger partial charge >= 0.3 is 0 Å². The number of nitrogens with zero attached hydrogens (tertiary/aromatic N) is 1. The molecule has 0 bridgehead atoms. The van der Waals surface area contributed by atoms with Gasteiger partial charge in [-0.3, -0.25) is 4.79 Å². The first-order valence-corrected chi connectivity index (χ1v) is 7.55. The van der Waals surface area contributed by atoms with Crippen LogP contribution in [0.3, 0.4) is 0 Å². The fraction of sp³-hybridized carbons (Fsp3) is 0.533. The molecular formula is C15H20ClFN2O2. The average Bonchev–Trinajstić information content (AvgIpc) is 2.50. The van der Waals surface area contributed by atoms with E-state index >= 15 is 0 Å². The van der Waals surface area contributed by atoms with Gasteiger partial charge in [0.25, 0.3) is 5.91 Å². The third-order valence-corrected chi connectivity index (χ3v) is 3.83. The summed E-state index contributed by atoms with van der Waals surface area (Å²) in [5.41, 5.74) is 5.45. The number of likely N-dealkylation sites (tertiary alicyclic amines) is 1. The molecule has 0 radical (unpaired) electrons. The highest BCUT2D eigenvalue weighted by molar-refractivity contribution is 6.31. The van der Waals surface area contributed by atoms with Crippen LogP contribution in [0.2, 0.25) is 5.02 Å². The molecule has 6 heteroatoms. The van der Waals surface area contributed by atoms with E-state index in [1.54, 1.807) is 4.90 Å². The minimum Gasteiger partial charge on any atom is -0.378 e. The normalized spacial score (nSPS) is 16.2. The van der Waals surface area contributed by atoms with E-state index in [1.807, 2.05) is 0 Å². The Labute approximate surface area is 129 Å². The topological polar surface area (TPSA) is 55.6 Å². The van der Waals surface area contributed by atoms with Gasteiger partial charge in [0.1, 0.15) is 5.82 Å².